The summed E-state index contributed by atoms with van der Waals surface area (Å²) in [5.74, 6) is 0.430. The van der Waals surface area contributed by atoms with Crippen LogP contribution in [-0.4, -0.2) is 35.6 Å². The molecule has 0 spiro atoms. The molecule has 170 valence electrons. The van der Waals surface area contributed by atoms with Crippen molar-refractivity contribution in [3.05, 3.63) is 96.6 Å². The number of hydrogen-bond donors (Lipinski definition) is 0. The van der Waals surface area contributed by atoms with Gasteiger partial charge in [0.25, 0.3) is 10.0 Å². The van der Waals surface area contributed by atoms with Gasteiger partial charge in [-0.25, -0.2) is 8.42 Å². The summed E-state index contributed by atoms with van der Waals surface area (Å²) in [5, 5.41) is 10.4. The SMILES string of the molecule is CCN(Cc1ccccc1)c1c(P(=S)(c2ccccc2)c2ccccc2)nnn1S(C)(=O)=O. The normalized spacial score (nSPS) is 11.9. The first-order valence-corrected chi connectivity index (χ1v) is 15.2. The second-order valence-corrected chi connectivity index (χ2v) is 13.8. The molecule has 0 bridgehead atoms. The van der Waals surface area contributed by atoms with Crippen LogP contribution in [0.25, 0.3) is 0 Å². The minimum Gasteiger partial charge on any atom is -0.350 e. The van der Waals surface area contributed by atoms with Crippen molar-refractivity contribution in [1.82, 2.24) is 14.4 Å². The second-order valence-electron chi connectivity index (χ2n) is 7.62. The van der Waals surface area contributed by atoms with Crippen molar-refractivity contribution < 1.29 is 8.42 Å². The molecule has 0 radical (unpaired) electrons. The van der Waals surface area contributed by atoms with Gasteiger partial charge in [0, 0.05) is 13.1 Å². The van der Waals surface area contributed by atoms with Crippen molar-refractivity contribution in [3.63, 3.8) is 0 Å². The predicted octanol–water partition coefficient (Wildman–Crippen LogP) is 2.87. The van der Waals surface area contributed by atoms with Crippen LogP contribution < -0.4 is 20.9 Å². The Morgan fingerprint density at radius 2 is 1.36 bits per heavy atom. The van der Waals surface area contributed by atoms with Crippen molar-refractivity contribution in [2.45, 2.75) is 13.5 Å². The van der Waals surface area contributed by atoms with E-state index in [-0.39, 0.29) is 0 Å². The topological polar surface area (TPSA) is 68.1 Å². The van der Waals surface area contributed by atoms with Crippen molar-refractivity contribution >= 4 is 49.7 Å². The zero-order chi connectivity index (χ0) is 23.5. The van der Waals surface area contributed by atoms with E-state index in [1.807, 2.05) is 103 Å². The van der Waals surface area contributed by atoms with Gasteiger partial charge < -0.3 is 4.90 Å². The average molecular weight is 497 g/mol. The smallest absolute Gasteiger partial charge is 0.254 e. The Labute approximate surface area is 199 Å². The third-order valence-corrected chi connectivity index (χ3v) is 10.9. The van der Waals surface area contributed by atoms with Crippen molar-refractivity contribution in [2.75, 3.05) is 17.7 Å². The summed E-state index contributed by atoms with van der Waals surface area (Å²) in [6.07, 6.45) is 1.14. The molecular formula is C24H25N4O2PS2. The first kappa shape index (κ1) is 23.4. The summed E-state index contributed by atoms with van der Waals surface area (Å²) in [7, 11) is -3.71. The Morgan fingerprint density at radius 1 is 0.879 bits per heavy atom. The van der Waals surface area contributed by atoms with E-state index in [0.717, 1.165) is 26.5 Å². The van der Waals surface area contributed by atoms with Crippen LogP contribution in [0.15, 0.2) is 91.0 Å². The number of nitrogens with zero attached hydrogens (tertiary/aromatic N) is 4. The molecule has 4 rings (SSSR count). The molecule has 0 fully saturated rings. The van der Waals surface area contributed by atoms with Crippen LogP contribution in [-0.2, 0) is 28.4 Å². The maximum absolute atomic E-state index is 12.8. The molecule has 9 heteroatoms. The molecule has 3 aromatic carbocycles. The highest BCUT2D eigenvalue weighted by Crippen LogP contribution is 2.45. The molecule has 4 aromatic rings. The fraction of sp³-hybridized carbons (Fsp3) is 0.167. The van der Waals surface area contributed by atoms with E-state index in [9.17, 15) is 8.42 Å². The van der Waals surface area contributed by atoms with Crippen molar-refractivity contribution in [2.24, 2.45) is 0 Å². The number of aromatic nitrogens is 3. The number of anilines is 1. The van der Waals surface area contributed by atoms with Crippen molar-refractivity contribution in [1.29, 1.82) is 0 Å². The molecular weight excluding hydrogens is 471 g/mol. The fourth-order valence-corrected chi connectivity index (χ4v) is 8.25. The summed E-state index contributed by atoms with van der Waals surface area (Å²) in [6, 6.07) is 26.8. The molecule has 0 amide bonds. The van der Waals surface area contributed by atoms with Gasteiger partial charge in [0.05, 0.1) is 12.3 Å². The first-order chi connectivity index (χ1) is 15.9. The minimum atomic E-state index is -3.71. The lowest BCUT2D eigenvalue weighted by Gasteiger charge is -2.28. The van der Waals surface area contributed by atoms with E-state index in [1.165, 1.54) is 0 Å². The van der Waals surface area contributed by atoms with Crippen LogP contribution >= 0.6 is 6.04 Å². The summed E-state index contributed by atoms with van der Waals surface area (Å²) in [4.78, 5) is 1.98. The number of rotatable bonds is 8. The van der Waals surface area contributed by atoms with Crippen LogP contribution in [0.1, 0.15) is 12.5 Å². The quantitative estimate of drug-likeness (QED) is 0.350. The molecule has 0 unspecified atom stereocenters. The summed E-state index contributed by atoms with van der Waals surface area (Å²) in [6.45, 7) is 3.05. The molecule has 0 aliphatic heterocycles. The lowest BCUT2D eigenvalue weighted by Crippen LogP contribution is -2.34. The van der Waals surface area contributed by atoms with Gasteiger partial charge in [-0.05, 0) is 28.3 Å². The van der Waals surface area contributed by atoms with Gasteiger partial charge in [-0.2, -0.15) is 0 Å². The van der Waals surface area contributed by atoms with Gasteiger partial charge in [0.2, 0.25) is 0 Å². The monoisotopic (exact) mass is 496 g/mol. The molecule has 0 aliphatic carbocycles. The van der Waals surface area contributed by atoms with Gasteiger partial charge in [-0.1, -0.05) is 103 Å². The Hall–Kier alpha value is -2.80. The lowest BCUT2D eigenvalue weighted by molar-refractivity contribution is 0.582. The highest BCUT2D eigenvalue weighted by Gasteiger charge is 2.35. The van der Waals surface area contributed by atoms with E-state index in [4.69, 9.17) is 11.8 Å². The zero-order valence-corrected chi connectivity index (χ0v) is 21.0. The molecule has 0 N–H and O–H groups in total. The highest BCUT2D eigenvalue weighted by molar-refractivity contribution is 8.25. The lowest BCUT2D eigenvalue weighted by atomic mass is 10.2. The molecule has 1 aromatic heterocycles. The third-order valence-electron chi connectivity index (χ3n) is 5.35. The van der Waals surface area contributed by atoms with E-state index in [2.05, 4.69) is 10.3 Å². The summed E-state index contributed by atoms with van der Waals surface area (Å²) < 4.78 is 26.5. The molecule has 6 nitrogen and oxygen atoms in total. The van der Waals surface area contributed by atoms with Gasteiger partial charge in [0.1, 0.15) is 5.44 Å². The van der Waals surface area contributed by atoms with Crippen LogP contribution in [0, 0.1) is 0 Å². The van der Waals surface area contributed by atoms with Crippen LogP contribution in [0.5, 0.6) is 0 Å². The van der Waals surface area contributed by atoms with E-state index in [0.29, 0.717) is 24.3 Å². The second kappa shape index (κ2) is 9.59. The standard InChI is InChI=1S/C24H25N4O2PS2/c1-3-27(19-20-13-7-4-8-14-20)24-23(25-26-28(24)33(2,29)30)31(32,21-15-9-5-10-16-21)22-17-11-6-12-18-22/h4-18H,3,19H2,1-2H3. The minimum absolute atomic E-state index is 0.430. The molecule has 33 heavy (non-hydrogen) atoms. The third kappa shape index (κ3) is 4.64. The Bertz CT molecular complexity index is 1330. The predicted molar refractivity (Wildman–Crippen MR) is 140 cm³/mol. The number of benzene rings is 3. The molecule has 0 saturated heterocycles. The molecule has 0 aliphatic rings. The molecule has 0 atom stereocenters. The van der Waals surface area contributed by atoms with Gasteiger partial charge >= 0.3 is 0 Å². The van der Waals surface area contributed by atoms with Crippen LogP contribution in [0.3, 0.4) is 0 Å². The largest absolute Gasteiger partial charge is 0.350 e. The summed E-state index contributed by atoms with van der Waals surface area (Å²) >= 11 is 6.43. The van der Waals surface area contributed by atoms with Crippen molar-refractivity contribution in [3.8, 4) is 0 Å². The zero-order valence-electron chi connectivity index (χ0n) is 18.4. The van der Waals surface area contributed by atoms with E-state index in [1.54, 1.807) is 0 Å². The van der Waals surface area contributed by atoms with Gasteiger partial charge in [-0.15, -0.1) is 9.19 Å². The highest BCUT2D eigenvalue weighted by atomic mass is 32.4. The Kier molecular flexibility index (Phi) is 6.79. The van der Waals surface area contributed by atoms with Crippen LogP contribution in [0.2, 0.25) is 0 Å². The average Bonchev–Trinajstić information content (AvgIpc) is 3.30. The Morgan fingerprint density at radius 3 is 1.82 bits per heavy atom. The molecule has 0 saturated carbocycles. The first-order valence-electron chi connectivity index (χ1n) is 10.5. The summed E-state index contributed by atoms with van der Waals surface area (Å²) in [5.41, 5.74) is 1.58. The van der Waals surface area contributed by atoms with E-state index < -0.39 is 16.1 Å². The maximum Gasteiger partial charge on any atom is 0.254 e. The number of hydrogen-bond acceptors (Lipinski definition) is 6. The fourth-order valence-electron chi connectivity index (χ4n) is 3.75. The Balaban J connectivity index is 2.00. The molecule has 1 heterocycles. The van der Waals surface area contributed by atoms with Gasteiger partial charge in [0.15, 0.2) is 5.82 Å². The van der Waals surface area contributed by atoms with Gasteiger partial charge in [-0.3, -0.25) is 0 Å². The van der Waals surface area contributed by atoms with Crippen LogP contribution in [0.4, 0.5) is 5.82 Å². The van der Waals surface area contributed by atoms with E-state index >= 15 is 0 Å². The maximum atomic E-state index is 12.8.